The summed E-state index contributed by atoms with van der Waals surface area (Å²) in [7, 11) is 3.49. The van der Waals surface area contributed by atoms with Crippen LogP contribution in [-0.4, -0.2) is 51.5 Å². The Labute approximate surface area is 181 Å². The predicted molar refractivity (Wildman–Crippen MR) is 114 cm³/mol. The zero-order chi connectivity index (χ0) is 20.8. The molecule has 0 atom stereocenters. The number of hydrogen-bond donors (Lipinski definition) is 0. The summed E-state index contributed by atoms with van der Waals surface area (Å²) in [5.74, 6) is 0.973. The van der Waals surface area contributed by atoms with Gasteiger partial charge in [0.15, 0.2) is 11.0 Å². The molecule has 0 saturated heterocycles. The van der Waals surface area contributed by atoms with Gasteiger partial charge in [0, 0.05) is 18.6 Å². The molecule has 0 radical (unpaired) electrons. The van der Waals surface area contributed by atoms with Crippen LogP contribution >= 0.6 is 27.7 Å². The summed E-state index contributed by atoms with van der Waals surface area (Å²) in [6, 6.07) is 13.9. The third-order valence-corrected chi connectivity index (χ3v) is 5.74. The molecule has 0 unspecified atom stereocenters. The third kappa shape index (κ3) is 5.57. The van der Waals surface area contributed by atoms with Crippen LogP contribution in [-0.2, 0) is 11.8 Å². The Morgan fingerprint density at radius 1 is 1.21 bits per heavy atom. The normalized spacial score (nSPS) is 10.8. The smallest absolute Gasteiger partial charge is 0.232 e. The highest BCUT2D eigenvalue weighted by molar-refractivity contribution is 9.10. The molecular formula is C20H20BrFN4O2S. The van der Waals surface area contributed by atoms with Crippen molar-refractivity contribution in [2.75, 3.05) is 26.0 Å². The number of ether oxygens (including phenoxy) is 1. The van der Waals surface area contributed by atoms with Gasteiger partial charge in [0.05, 0.1) is 17.9 Å². The molecule has 0 aliphatic carbocycles. The quantitative estimate of drug-likeness (QED) is 0.457. The maximum atomic E-state index is 14.0. The van der Waals surface area contributed by atoms with Gasteiger partial charge in [-0.05, 0) is 36.4 Å². The molecule has 0 aliphatic rings. The highest BCUT2D eigenvalue weighted by atomic mass is 79.9. The van der Waals surface area contributed by atoms with E-state index in [2.05, 4.69) is 26.1 Å². The highest BCUT2D eigenvalue weighted by Gasteiger charge is 2.16. The Bertz CT molecular complexity index is 981. The van der Waals surface area contributed by atoms with Gasteiger partial charge in [-0.15, -0.1) is 10.2 Å². The summed E-state index contributed by atoms with van der Waals surface area (Å²) < 4.78 is 22.3. The first-order chi connectivity index (χ1) is 14.0. The number of rotatable bonds is 8. The lowest BCUT2D eigenvalue weighted by Crippen LogP contribution is -2.32. The van der Waals surface area contributed by atoms with E-state index >= 15 is 0 Å². The average Bonchev–Trinajstić information content (AvgIpc) is 3.08. The van der Waals surface area contributed by atoms with Crippen LogP contribution in [0.5, 0.6) is 5.75 Å². The minimum absolute atomic E-state index is 0.0511. The van der Waals surface area contributed by atoms with E-state index in [0.717, 1.165) is 10.2 Å². The third-order valence-electron chi connectivity index (χ3n) is 4.21. The lowest BCUT2D eigenvalue weighted by atomic mass is 10.2. The van der Waals surface area contributed by atoms with Crippen molar-refractivity contribution in [2.45, 2.75) is 5.16 Å². The summed E-state index contributed by atoms with van der Waals surface area (Å²) in [6.45, 7) is 0.866. The molecule has 1 heterocycles. The molecule has 3 aromatic rings. The van der Waals surface area contributed by atoms with E-state index in [0.29, 0.717) is 29.7 Å². The van der Waals surface area contributed by atoms with Crippen LogP contribution in [0.1, 0.15) is 0 Å². The Morgan fingerprint density at radius 2 is 1.93 bits per heavy atom. The molecule has 3 rings (SSSR count). The second-order valence-electron chi connectivity index (χ2n) is 6.25. The van der Waals surface area contributed by atoms with E-state index in [1.807, 2.05) is 24.3 Å². The Hall–Kier alpha value is -2.39. The summed E-state index contributed by atoms with van der Waals surface area (Å²) in [5.41, 5.74) is 0.378. The zero-order valence-electron chi connectivity index (χ0n) is 16.0. The van der Waals surface area contributed by atoms with Crippen molar-refractivity contribution in [2.24, 2.45) is 7.05 Å². The fourth-order valence-electron chi connectivity index (χ4n) is 2.51. The van der Waals surface area contributed by atoms with Gasteiger partial charge in [0.25, 0.3) is 0 Å². The molecule has 0 spiro atoms. The number of benzene rings is 2. The summed E-state index contributed by atoms with van der Waals surface area (Å²) in [6.07, 6.45) is 0. The standard InChI is InChI=1S/C20H20BrFN4O2S/c1-25(11-12-28-15-9-7-14(21)8-10-15)18(27)13-29-20-24-23-19(26(20)2)16-5-3-4-6-17(16)22/h3-10H,11-13H2,1-2H3. The number of hydrogen-bond acceptors (Lipinski definition) is 5. The molecule has 0 saturated carbocycles. The molecular weight excluding hydrogens is 459 g/mol. The van der Waals surface area contributed by atoms with Gasteiger partial charge in [0.2, 0.25) is 5.91 Å². The number of amides is 1. The Balaban J connectivity index is 1.50. The number of aromatic nitrogens is 3. The molecule has 0 N–H and O–H groups in total. The summed E-state index contributed by atoms with van der Waals surface area (Å²) >= 11 is 4.64. The van der Waals surface area contributed by atoms with Crippen molar-refractivity contribution in [1.29, 1.82) is 0 Å². The SMILES string of the molecule is CN(CCOc1ccc(Br)cc1)C(=O)CSc1nnc(-c2ccccc2F)n1C. The van der Waals surface area contributed by atoms with E-state index in [-0.39, 0.29) is 17.5 Å². The van der Waals surface area contributed by atoms with E-state index in [4.69, 9.17) is 4.74 Å². The van der Waals surface area contributed by atoms with Gasteiger partial charge in [0.1, 0.15) is 18.2 Å². The molecule has 152 valence electrons. The van der Waals surface area contributed by atoms with Crippen molar-refractivity contribution in [3.8, 4) is 17.1 Å². The highest BCUT2D eigenvalue weighted by Crippen LogP contribution is 2.24. The maximum absolute atomic E-state index is 14.0. The molecule has 2 aromatic carbocycles. The van der Waals surface area contributed by atoms with Crippen molar-refractivity contribution in [3.05, 3.63) is 58.8 Å². The molecule has 0 fully saturated rings. The Morgan fingerprint density at radius 3 is 2.66 bits per heavy atom. The molecule has 9 heteroatoms. The van der Waals surface area contributed by atoms with Crippen molar-refractivity contribution >= 4 is 33.6 Å². The number of nitrogens with zero attached hydrogens (tertiary/aromatic N) is 4. The van der Waals surface area contributed by atoms with Crippen LogP contribution < -0.4 is 4.74 Å². The van der Waals surface area contributed by atoms with E-state index in [1.54, 1.807) is 41.8 Å². The van der Waals surface area contributed by atoms with Crippen LogP contribution in [0.25, 0.3) is 11.4 Å². The largest absolute Gasteiger partial charge is 0.492 e. The maximum Gasteiger partial charge on any atom is 0.232 e. The van der Waals surface area contributed by atoms with Crippen molar-refractivity contribution in [1.82, 2.24) is 19.7 Å². The second kappa shape index (κ2) is 9.89. The van der Waals surface area contributed by atoms with Gasteiger partial charge < -0.3 is 14.2 Å². The van der Waals surface area contributed by atoms with Gasteiger partial charge in [-0.2, -0.15) is 0 Å². The van der Waals surface area contributed by atoms with Crippen molar-refractivity contribution < 1.29 is 13.9 Å². The van der Waals surface area contributed by atoms with Gasteiger partial charge in [-0.3, -0.25) is 4.79 Å². The van der Waals surface area contributed by atoms with Crippen LogP contribution in [0.15, 0.2) is 58.2 Å². The number of carbonyl (C=O) groups is 1. The number of thioether (sulfide) groups is 1. The van der Waals surface area contributed by atoms with Crippen molar-refractivity contribution in [3.63, 3.8) is 0 Å². The number of carbonyl (C=O) groups excluding carboxylic acids is 1. The fourth-order valence-corrected chi connectivity index (χ4v) is 3.63. The predicted octanol–water partition coefficient (Wildman–Crippen LogP) is 4.01. The van der Waals surface area contributed by atoms with E-state index in [9.17, 15) is 9.18 Å². The fraction of sp³-hybridized carbons (Fsp3) is 0.250. The zero-order valence-corrected chi connectivity index (χ0v) is 18.4. The second-order valence-corrected chi connectivity index (χ2v) is 8.11. The lowest BCUT2D eigenvalue weighted by Gasteiger charge is -2.17. The monoisotopic (exact) mass is 478 g/mol. The van der Waals surface area contributed by atoms with Gasteiger partial charge >= 0.3 is 0 Å². The summed E-state index contributed by atoms with van der Waals surface area (Å²) in [4.78, 5) is 14.0. The van der Waals surface area contributed by atoms with E-state index < -0.39 is 0 Å². The summed E-state index contributed by atoms with van der Waals surface area (Å²) in [5, 5.41) is 8.70. The molecule has 29 heavy (non-hydrogen) atoms. The minimum atomic E-state index is -0.360. The lowest BCUT2D eigenvalue weighted by molar-refractivity contribution is -0.127. The van der Waals surface area contributed by atoms with Crippen LogP contribution in [0, 0.1) is 5.82 Å². The van der Waals surface area contributed by atoms with Crippen LogP contribution in [0.3, 0.4) is 0 Å². The topological polar surface area (TPSA) is 60.2 Å². The van der Waals surface area contributed by atoms with E-state index in [1.165, 1.54) is 17.8 Å². The van der Waals surface area contributed by atoms with Gasteiger partial charge in [-0.25, -0.2) is 4.39 Å². The number of likely N-dealkylation sites (N-methyl/N-ethyl adjacent to an activating group) is 1. The van der Waals surface area contributed by atoms with Gasteiger partial charge in [-0.1, -0.05) is 39.8 Å². The Kier molecular flexibility index (Phi) is 7.27. The molecule has 0 bridgehead atoms. The average molecular weight is 479 g/mol. The minimum Gasteiger partial charge on any atom is -0.492 e. The first-order valence-electron chi connectivity index (χ1n) is 8.85. The molecule has 1 aromatic heterocycles. The number of halogens is 2. The molecule has 1 amide bonds. The first-order valence-corrected chi connectivity index (χ1v) is 10.6. The van der Waals surface area contributed by atoms with Crippen LogP contribution in [0.2, 0.25) is 0 Å². The van der Waals surface area contributed by atoms with Crippen LogP contribution in [0.4, 0.5) is 4.39 Å². The molecule has 6 nitrogen and oxygen atoms in total. The molecule has 0 aliphatic heterocycles. The first kappa shape index (κ1) is 21.3.